The summed E-state index contributed by atoms with van der Waals surface area (Å²) in [6.07, 6.45) is 0.251. The van der Waals surface area contributed by atoms with Crippen molar-refractivity contribution < 1.29 is 18.0 Å². The Balaban J connectivity index is 1.79. The number of hydrogen-bond acceptors (Lipinski definition) is 4. The molecule has 7 nitrogen and oxygen atoms in total. The van der Waals surface area contributed by atoms with Gasteiger partial charge in [-0.3, -0.25) is 13.9 Å². The van der Waals surface area contributed by atoms with Gasteiger partial charge < -0.3 is 10.2 Å². The maximum absolute atomic E-state index is 14.5. The van der Waals surface area contributed by atoms with E-state index < -0.39 is 28.5 Å². The van der Waals surface area contributed by atoms with Crippen molar-refractivity contribution in [2.45, 2.75) is 44.7 Å². The molecule has 0 fully saturated rings. The first-order chi connectivity index (χ1) is 21.4. The van der Waals surface area contributed by atoms with Crippen LogP contribution in [0.15, 0.2) is 112 Å². The van der Waals surface area contributed by atoms with Crippen molar-refractivity contribution >= 4 is 55.1 Å². The van der Waals surface area contributed by atoms with Crippen molar-refractivity contribution in [1.82, 2.24) is 10.2 Å². The molecule has 236 valence electrons. The van der Waals surface area contributed by atoms with Crippen LogP contribution in [0.5, 0.6) is 0 Å². The highest BCUT2D eigenvalue weighted by Gasteiger charge is 2.34. The second kappa shape index (κ2) is 15.6. The summed E-state index contributed by atoms with van der Waals surface area (Å²) in [4.78, 5) is 29.8. The number of halogens is 2. The minimum Gasteiger partial charge on any atom is -0.354 e. The molecule has 4 aromatic carbocycles. The largest absolute Gasteiger partial charge is 0.354 e. The molecule has 0 aromatic heterocycles. The van der Waals surface area contributed by atoms with Gasteiger partial charge in [-0.05, 0) is 78.1 Å². The van der Waals surface area contributed by atoms with Gasteiger partial charge in [0.1, 0.15) is 12.6 Å². The van der Waals surface area contributed by atoms with Gasteiger partial charge in [-0.25, -0.2) is 8.42 Å². The van der Waals surface area contributed by atoms with Crippen LogP contribution in [0.2, 0.25) is 5.02 Å². The summed E-state index contributed by atoms with van der Waals surface area (Å²) in [6, 6.07) is 28.9. The second-order valence-corrected chi connectivity index (χ2v) is 14.5. The van der Waals surface area contributed by atoms with Gasteiger partial charge in [0.15, 0.2) is 0 Å². The van der Waals surface area contributed by atoms with Crippen molar-refractivity contribution in [2.24, 2.45) is 5.92 Å². The highest BCUT2D eigenvalue weighted by molar-refractivity contribution is 9.10. The van der Waals surface area contributed by atoms with Crippen LogP contribution in [0.25, 0.3) is 0 Å². The third kappa shape index (κ3) is 9.42. The average Bonchev–Trinajstić information content (AvgIpc) is 3.01. The molecule has 0 bridgehead atoms. The lowest BCUT2D eigenvalue weighted by molar-refractivity contribution is -0.140. The zero-order valence-corrected chi connectivity index (χ0v) is 28.6. The SMILES string of the molecule is Cc1cccc(N(CC(=O)N(Cc2ccc(Br)cc2)[C@H](Cc2ccccc2)C(=O)NCC(C)C)S(=O)(=O)c2ccc(Cl)cc2)c1. The number of rotatable bonds is 13. The predicted molar refractivity (Wildman–Crippen MR) is 184 cm³/mol. The molecule has 0 heterocycles. The van der Waals surface area contributed by atoms with E-state index in [0.717, 1.165) is 25.5 Å². The summed E-state index contributed by atoms with van der Waals surface area (Å²) in [5.41, 5.74) is 2.84. The van der Waals surface area contributed by atoms with Gasteiger partial charge in [0.2, 0.25) is 11.8 Å². The molecule has 0 aliphatic heterocycles. The number of carbonyl (C=O) groups excluding carboxylic acids is 2. The van der Waals surface area contributed by atoms with Gasteiger partial charge >= 0.3 is 0 Å². The van der Waals surface area contributed by atoms with Gasteiger partial charge in [0, 0.05) is 29.0 Å². The summed E-state index contributed by atoms with van der Waals surface area (Å²) in [5.74, 6) is -0.624. The lowest BCUT2D eigenvalue weighted by Crippen LogP contribution is -2.53. The van der Waals surface area contributed by atoms with Crippen LogP contribution < -0.4 is 9.62 Å². The molecule has 0 aliphatic carbocycles. The van der Waals surface area contributed by atoms with Gasteiger partial charge in [0.05, 0.1) is 10.6 Å². The molecule has 4 rings (SSSR count). The number of sulfonamides is 1. The predicted octanol–water partition coefficient (Wildman–Crippen LogP) is 7.02. The molecule has 0 unspecified atom stereocenters. The first-order valence-electron chi connectivity index (χ1n) is 14.6. The molecule has 0 saturated heterocycles. The number of nitrogens with zero attached hydrogens (tertiary/aromatic N) is 2. The minimum absolute atomic E-state index is 0.00354. The van der Waals surface area contributed by atoms with E-state index >= 15 is 0 Å². The fourth-order valence-corrected chi connectivity index (χ4v) is 6.60. The number of carbonyl (C=O) groups is 2. The fourth-order valence-electron chi connectivity index (χ4n) is 4.81. The van der Waals surface area contributed by atoms with E-state index in [4.69, 9.17) is 11.6 Å². The number of nitrogens with one attached hydrogen (secondary N) is 1. The number of anilines is 1. The smallest absolute Gasteiger partial charge is 0.264 e. The van der Waals surface area contributed by atoms with E-state index in [9.17, 15) is 18.0 Å². The van der Waals surface area contributed by atoms with Gasteiger partial charge in [-0.2, -0.15) is 0 Å². The molecule has 1 N–H and O–H groups in total. The van der Waals surface area contributed by atoms with E-state index in [1.165, 1.54) is 29.2 Å². The Morgan fingerprint density at radius 1 is 0.867 bits per heavy atom. The Kier molecular flexibility index (Phi) is 11.8. The van der Waals surface area contributed by atoms with Crippen molar-refractivity contribution in [3.63, 3.8) is 0 Å². The molecule has 0 aliphatic rings. The molecule has 0 saturated carbocycles. The van der Waals surface area contributed by atoms with Crippen LogP contribution in [0.4, 0.5) is 5.69 Å². The van der Waals surface area contributed by atoms with Crippen LogP contribution in [0.3, 0.4) is 0 Å². The van der Waals surface area contributed by atoms with Crippen molar-refractivity contribution in [1.29, 1.82) is 0 Å². The second-order valence-electron chi connectivity index (χ2n) is 11.3. The van der Waals surface area contributed by atoms with E-state index in [0.29, 0.717) is 17.3 Å². The summed E-state index contributed by atoms with van der Waals surface area (Å²) >= 11 is 9.52. The molecule has 0 radical (unpaired) electrons. The Labute approximate surface area is 279 Å². The fraction of sp³-hybridized carbons (Fsp3) is 0.257. The maximum atomic E-state index is 14.5. The Bertz CT molecular complexity index is 1700. The van der Waals surface area contributed by atoms with Crippen LogP contribution in [0, 0.1) is 12.8 Å². The maximum Gasteiger partial charge on any atom is 0.264 e. The van der Waals surface area contributed by atoms with E-state index in [2.05, 4.69) is 21.2 Å². The number of aryl methyl sites for hydroxylation is 1. The Morgan fingerprint density at radius 3 is 2.16 bits per heavy atom. The van der Waals surface area contributed by atoms with Crippen LogP contribution in [-0.2, 0) is 32.6 Å². The third-order valence-corrected chi connectivity index (χ3v) is 9.76. The zero-order chi connectivity index (χ0) is 32.6. The highest BCUT2D eigenvalue weighted by Crippen LogP contribution is 2.27. The van der Waals surface area contributed by atoms with Gasteiger partial charge in [0.25, 0.3) is 10.0 Å². The number of hydrogen-bond donors (Lipinski definition) is 1. The van der Waals surface area contributed by atoms with E-state index in [-0.39, 0.29) is 29.7 Å². The van der Waals surface area contributed by atoms with Crippen molar-refractivity contribution in [2.75, 3.05) is 17.4 Å². The number of benzene rings is 4. The summed E-state index contributed by atoms with van der Waals surface area (Å²) in [7, 11) is -4.20. The molecule has 1 atom stereocenters. The number of amides is 2. The Morgan fingerprint density at radius 2 is 1.53 bits per heavy atom. The van der Waals surface area contributed by atoms with Gasteiger partial charge in [-0.15, -0.1) is 0 Å². The lowest BCUT2D eigenvalue weighted by Gasteiger charge is -2.34. The molecule has 4 aromatic rings. The quantitative estimate of drug-likeness (QED) is 0.162. The molecule has 0 spiro atoms. The molecule has 10 heteroatoms. The zero-order valence-electron chi connectivity index (χ0n) is 25.5. The molecular weight excluding hydrogens is 674 g/mol. The minimum atomic E-state index is -4.20. The molecular formula is C35H37BrClN3O4S. The summed E-state index contributed by atoms with van der Waals surface area (Å²) in [6.45, 7) is 5.87. The van der Waals surface area contributed by atoms with Crippen LogP contribution in [0.1, 0.15) is 30.5 Å². The lowest BCUT2D eigenvalue weighted by atomic mass is 10.0. The standard InChI is InChI=1S/C35H37BrClN3O4S/c1-25(2)22-38-35(42)33(21-27-9-5-4-6-10-27)39(23-28-12-14-29(36)15-13-28)34(41)24-40(31-11-7-8-26(3)20-31)45(43,44)32-18-16-30(37)17-19-32/h4-20,25,33H,21-24H2,1-3H3,(H,38,42)/t33-/m1/s1. The normalized spacial score (nSPS) is 12.0. The first-order valence-corrected chi connectivity index (χ1v) is 17.3. The Hall–Kier alpha value is -3.66. The summed E-state index contributed by atoms with van der Waals surface area (Å²) < 4.78 is 30.2. The topological polar surface area (TPSA) is 86.8 Å². The van der Waals surface area contributed by atoms with E-state index in [1.54, 1.807) is 18.2 Å². The van der Waals surface area contributed by atoms with Crippen molar-refractivity contribution in [3.8, 4) is 0 Å². The van der Waals surface area contributed by atoms with E-state index in [1.807, 2.05) is 81.4 Å². The first kappa shape index (κ1) is 34.2. The third-order valence-electron chi connectivity index (χ3n) is 7.19. The highest BCUT2D eigenvalue weighted by atomic mass is 79.9. The van der Waals surface area contributed by atoms with Gasteiger partial charge in [-0.1, -0.05) is 96.0 Å². The van der Waals surface area contributed by atoms with Crippen molar-refractivity contribution in [3.05, 3.63) is 129 Å². The monoisotopic (exact) mass is 709 g/mol. The molecule has 2 amide bonds. The molecule has 45 heavy (non-hydrogen) atoms. The van der Waals surface area contributed by atoms with Crippen LogP contribution >= 0.6 is 27.5 Å². The average molecular weight is 711 g/mol. The van der Waals surface area contributed by atoms with Crippen LogP contribution in [-0.4, -0.2) is 44.3 Å². The summed E-state index contributed by atoms with van der Waals surface area (Å²) in [5, 5.41) is 3.39.